The summed E-state index contributed by atoms with van der Waals surface area (Å²) in [6.07, 6.45) is 2.00. The Labute approximate surface area is 243 Å². The van der Waals surface area contributed by atoms with Crippen molar-refractivity contribution in [3.63, 3.8) is 0 Å². The van der Waals surface area contributed by atoms with Crippen LogP contribution in [-0.4, -0.2) is 14.1 Å². The zero-order chi connectivity index (χ0) is 28.4. The van der Waals surface area contributed by atoms with Crippen molar-refractivity contribution in [1.82, 2.24) is 14.1 Å². The van der Waals surface area contributed by atoms with Gasteiger partial charge >= 0.3 is 0 Å². The normalized spacial score (nSPS) is 11.5. The van der Waals surface area contributed by atoms with E-state index in [4.69, 9.17) is 4.98 Å². The first-order chi connectivity index (χ1) is 20.6. The molecule has 0 spiro atoms. The molecule has 8 aromatic rings. The van der Waals surface area contributed by atoms with E-state index in [0.717, 1.165) is 39.2 Å². The number of aryl methyl sites for hydroxylation is 2. The van der Waals surface area contributed by atoms with Gasteiger partial charge in [0.2, 0.25) is 0 Å². The Morgan fingerprint density at radius 1 is 0.595 bits per heavy atom. The van der Waals surface area contributed by atoms with Gasteiger partial charge in [0.15, 0.2) is 0 Å². The van der Waals surface area contributed by atoms with Crippen LogP contribution in [0.3, 0.4) is 0 Å². The van der Waals surface area contributed by atoms with Crippen LogP contribution in [0.2, 0.25) is 0 Å². The maximum absolute atomic E-state index is 9.78. The summed E-state index contributed by atoms with van der Waals surface area (Å²) in [6.45, 7) is 4.32. The molecule has 0 fully saturated rings. The van der Waals surface area contributed by atoms with Crippen LogP contribution in [0.25, 0.3) is 66.2 Å². The summed E-state index contributed by atoms with van der Waals surface area (Å²) in [5.74, 6) is 0.842. The number of aromatic nitrogens is 3. The minimum Gasteiger partial charge on any atom is -0.307 e. The summed E-state index contributed by atoms with van der Waals surface area (Å²) >= 11 is 0. The Kier molecular flexibility index (Phi) is 5.29. The molecule has 0 saturated carbocycles. The molecular weight excluding hydrogens is 512 g/mol. The van der Waals surface area contributed by atoms with Crippen molar-refractivity contribution in [2.75, 3.05) is 0 Å². The molecule has 0 saturated heterocycles. The third kappa shape index (κ3) is 3.44. The van der Waals surface area contributed by atoms with Crippen molar-refractivity contribution in [2.24, 2.45) is 0 Å². The molecule has 5 aromatic carbocycles. The van der Waals surface area contributed by atoms with E-state index in [0.29, 0.717) is 5.56 Å². The molecule has 0 aliphatic carbocycles. The molecule has 0 radical (unpaired) electrons. The number of pyridine rings is 1. The maximum Gasteiger partial charge on any atom is 0.138 e. The van der Waals surface area contributed by atoms with Crippen molar-refractivity contribution in [3.05, 3.63) is 138 Å². The van der Waals surface area contributed by atoms with E-state index in [1.165, 1.54) is 38.2 Å². The topological polar surface area (TPSA) is 46.5 Å². The minimum atomic E-state index is 0.628. The minimum absolute atomic E-state index is 0.628. The lowest BCUT2D eigenvalue weighted by Crippen LogP contribution is -2.04. The van der Waals surface area contributed by atoms with Crippen LogP contribution in [0, 0.1) is 25.2 Å². The number of nitriles is 1. The van der Waals surface area contributed by atoms with Gasteiger partial charge in [0, 0.05) is 27.1 Å². The number of para-hydroxylation sites is 4. The summed E-state index contributed by atoms with van der Waals surface area (Å²) < 4.78 is 4.61. The Bertz CT molecular complexity index is 2400. The average Bonchev–Trinajstić information content (AvgIpc) is 3.56. The van der Waals surface area contributed by atoms with E-state index in [9.17, 15) is 5.26 Å². The van der Waals surface area contributed by atoms with Gasteiger partial charge in [-0.15, -0.1) is 0 Å². The fourth-order valence-corrected chi connectivity index (χ4v) is 6.59. The predicted octanol–water partition coefficient (Wildman–Crippen LogP) is 9.43. The van der Waals surface area contributed by atoms with E-state index in [1.807, 2.05) is 24.4 Å². The van der Waals surface area contributed by atoms with Crippen LogP contribution >= 0.6 is 0 Å². The van der Waals surface area contributed by atoms with Crippen molar-refractivity contribution in [3.8, 4) is 28.7 Å². The summed E-state index contributed by atoms with van der Waals surface area (Å²) in [6, 6.07) is 42.4. The largest absolute Gasteiger partial charge is 0.307 e. The van der Waals surface area contributed by atoms with E-state index >= 15 is 0 Å². The Hall–Kier alpha value is -5.66. The Morgan fingerprint density at radius 2 is 1.17 bits per heavy atom. The first kappa shape index (κ1) is 24.2. The van der Waals surface area contributed by atoms with E-state index < -0.39 is 0 Å². The third-order valence-corrected chi connectivity index (χ3v) is 8.43. The van der Waals surface area contributed by atoms with Crippen LogP contribution in [0.15, 0.2) is 121 Å². The summed E-state index contributed by atoms with van der Waals surface area (Å²) in [7, 11) is 0. The van der Waals surface area contributed by atoms with Gasteiger partial charge in [-0.3, -0.25) is 4.57 Å². The smallest absolute Gasteiger partial charge is 0.138 e. The Balaban J connectivity index is 1.51. The maximum atomic E-state index is 9.78. The molecule has 4 nitrogen and oxygen atoms in total. The van der Waals surface area contributed by atoms with Crippen LogP contribution in [0.5, 0.6) is 0 Å². The molecule has 0 atom stereocenters. The highest BCUT2D eigenvalue weighted by atomic mass is 15.1. The lowest BCUT2D eigenvalue weighted by atomic mass is 10.0. The van der Waals surface area contributed by atoms with Crippen molar-refractivity contribution >= 4 is 43.6 Å². The Morgan fingerprint density at radius 3 is 1.83 bits per heavy atom. The van der Waals surface area contributed by atoms with Crippen molar-refractivity contribution in [1.29, 1.82) is 5.26 Å². The van der Waals surface area contributed by atoms with E-state index in [2.05, 4.69) is 126 Å². The van der Waals surface area contributed by atoms with E-state index in [1.54, 1.807) is 0 Å². The fourth-order valence-electron chi connectivity index (χ4n) is 6.59. The lowest BCUT2D eigenvalue weighted by molar-refractivity contribution is 1.05. The molecule has 3 aromatic heterocycles. The molecule has 0 N–H and O–H groups in total. The molecule has 0 bridgehead atoms. The summed E-state index contributed by atoms with van der Waals surface area (Å²) in [5, 5.41) is 14.6. The quantitative estimate of drug-likeness (QED) is 0.225. The van der Waals surface area contributed by atoms with Gasteiger partial charge in [-0.05, 0) is 60.9 Å². The predicted molar refractivity (Wildman–Crippen MR) is 173 cm³/mol. The standard InChI is InChI=1S/C38H26N4/c1-24-10-7-16-30-28-14-3-5-18-33(28)41(37(24)30)35-23-40-36(21-32(35)27-13-9-12-26(20-27)22-39)42-34-19-6-4-15-29(34)31-17-8-11-25(2)38(31)42/h3-21,23H,1-2H3. The molecule has 0 amide bonds. The second-order valence-corrected chi connectivity index (χ2v) is 10.9. The molecular formula is C38H26N4. The van der Waals surface area contributed by atoms with Crippen LogP contribution in [0.1, 0.15) is 16.7 Å². The molecule has 0 aliphatic heterocycles. The molecule has 0 aliphatic rings. The molecule has 0 unspecified atom stereocenters. The second-order valence-electron chi connectivity index (χ2n) is 10.9. The second kappa shape index (κ2) is 9.19. The monoisotopic (exact) mass is 538 g/mol. The SMILES string of the molecule is Cc1cccc2c3ccccc3n(-c3cc(-c4cccc(C#N)c4)c(-n4c5ccccc5c5cccc(C)c54)cn3)c12. The zero-order valence-corrected chi connectivity index (χ0v) is 23.3. The number of nitrogens with zero attached hydrogens (tertiary/aromatic N) is 4. The lowest BCUT2D eigenvalue weighted by Gasteiger charge is -2.17. The number of benzene rings is 5. The highest BCUT2D eigenvalue weighted by Gasteiger charge is 2.20. The van der Waals surface area contributed by atoms with Gasteiger partial charge in [-0.25, -0.2) is 4.98 Å². The molecule has 42 heavy (non-hydrogen) atoms. The van der Waals surface area contributed by atoms with Gasteiger partial charge < -0.3 is 4.57 Å². The highest BCUT2D eigenvalue weighted by Crippen LogP contribution is 2.39. The van der Waals surface area contributed by atoms with Gasteiger partial charge in [0.25, 0.3) is 0 Å². The first-order valence-corrected chi connectivity index (χ1v) is 14.1. The van der Waals surface area contributed by atoms with Gasteiger partial charge in [0.1, 0.15) is 5.82 Å². The number of fused-ring (bicyclic) bond motifs is 6. The molecule has 4 heteroatoms. The number of hydrogen-bond donors (Lipinski definition) is 0. The van der Waals surface area contributed by atoms with Crippen LogP contribution in [-0.2, 0) is 0 Å². The van der Waals surface area contributed by atoms with Crippen molar-refractivity contribution < 1.29 is 0 Å². The molecule has 198 valence electrons. The third-order valence-electron chi connectivity index (χ3n) is 8.43. The first-order valence-electron chi connectivity index (χ1n) is 14.1. The summed E-state index contributed by atoms with van der Waals surface area (Å²) in [5.41, 5.74) is 10.6. The fraction of sp³-hybridized carbons (Fsp3) is 0.0526. The van der Waals surface area contributed by atoms with Gasteiger partial charge in [0.05, 0.1) is 45.6 Å². The number of hydrogen-bond acceptors (Lipinski definition) is 2. The average molecular weight is 539 g/mol. The van der Waals surface area contributed by atoms with E-state index in [-0.39, 0.29) is 0 Å². The van der Waals surface area contributed by atoms with Crippen LogP contribution in [0.4, 0.5) is 0 Å². The zero-order valence-electron chi connectivity index (χ0n) is 23.3. The van der Waals surface area contributed by atoms with Crippen LogP contribution < -0.4 is 0 Å². The van der Waals surface area contributed by atoms with Gasteiger partial charge in [-0.1, -0.05) is 84.9 Å². The summed E-state index contributed by atoms with van der Waals surface area (Å²) in [4.78, 5) is 5.17. The highest BCUT2D eigenvalue weighted by molar-refractivity contribution is 6.11. The molecule has 3 heterocycles. The number of rotatable bonds is 3. The van der Waals surface area contributed by atoms with Crippen molar-refractivity contribution in [2.45, 2.75) is 13.8 Å². The molecule has 8 rings (SSSR count). The van der Waals surface area contributed by atoms with Gasteiger partial charge in [-0.2, -0.15) is 5.26 Å².